The number of aryl methyl sites for hydroxylation is 2. The molecule has 9 nitrogen and oxygen atoms in total. The first-order valence-corrected chi connectivity index (χ1v) is 19.0. The summed E-state index contributed by atoms with van der Waals surface area (Å²) in [4.78, 5) is 54.8. The fourth-order valence-electron chi connectivity index (χ4n) is 5.83. The van der Waals surface area contributed by atoms with E-state index in [-0.39, 0.29) is 39.8 Å². The van der Waals surface area contributed by atoms with Gasteiger partial charge in [0.2, 0.25) is 5.69 Å². The second kappa shape index (κ2) is 20.8. The number of unbranched alkanes of at least 4 members (excludes halogenated alkanes) is 6. The third kappa shape index (κ3) is 12.0. The molecule has 0 aliphatic rings. The molecule has 0 amide bonds. The van der Waals surface area contributed by atoms with E-state index in [4.69, 9.17) is 25.5 Å². The molecule has 0 aliphatic carbocycles. The van der Waals surface area contributed by atoms with Crippen molar-refractivity contribution in [2.24, 2.45) is 0 Å². The molecule has 0 saturated heterocycles. The fraction of sp³-hybridized carbons (Fsp3) is 0.255. The van der Waals surface area contributed by atoms with Crippen LogP contribution in [0.5, 0.6) is 23.0 Å². The Hall–Kier alpha value is -6.53. The summed E-state index contributed by atoms with van der Waals surface area (Å²) in [6, 6.07) is 30.6. The molecule has 56 heavy (non-hydrogen) atoms. The minimum Gasteiger partial charge on any atom is -0.435 e. The van der Waals surface area contributed by atoms with Crippen LogP contribution < -0.4 is 18.9 Å². The highest BCUT2D eigenvalue weighted by atomic mass is 16.6. The number of ether oxygens (including phenoxy) is 4. The molecule has 286 valence electrons. The highest BCUT2D eigenvalue weighted by molar-refractivity contribution is 5.94. The minimum absolute atomic E-state index is 0.0310. The standard InChI is InChI=1S/C47H45NO8/c1-4-6-8-10-12-33-14-18-35(19-15-33)44(49)53-39-26-22-37(23-27-39)46(51)55-41-30-31-42(48-3)43(32-41)56-47(52)38-24-28-40(29-25-38)54-45(50)36-20-16-34(17-21-36)13-11-9-7-5-2/h14-32H,4-13H2,1-2H3. The Morgan fingerprint density at radius 1 is 0.446 bits per heavy atom. The lowest BCUT2D eigenvalue weighted by atomic mass is 10.0. The molecule has 0 spiro atoms. The molecular formula is C47H45NO8. The summed E-state index contributed by atoms with van der Waals surface area (Å²) in [5, 5.41) is 0. The lowest BCUT2D eigenvalue weighted by molar-refractivity contribution is 0.0723. The van der Waals surface area contributed by atoms with E-state index >= 15 is 0 Å². The summed E-state index contributed by atoms with van der Waals surface area (Å²) in [5.74, 6) is -2.07. The van der Waals surface area contributed by atoms with E-state index in [0.29, 0.717) is 11.1 Å². The lowest BCUT2D eigenvalue weighted by Gasteiger charge is -2.10. The van der Waals surface area contributed by atoms with E-state index in [9.17, 15) is 19.2 Å². The quantitative estimate of drug-likeness (QED) is 0.0377. The Morgan fingerprint density at radius 3 is 1.20 bits per heavy atom. The smallest absolute Gasteiger partial charge is 0.343 e. The van der Waals surface area contributed by atoms with E-state index in [2.05, 4.69) is 18.7 Å². The van der Waals surface area contributed by atoms with Crippen LogP contribution >= 0.6 is 0 Å². The van der Waals surface area contributed by atoms with Crippen LogP contribution in [-0.2, 0) is 12.8 Å². The van der Waals surface area contributed by atoms with Crippen molar-refractivity contribution >= 4 is 29.6 Å². The van der Waals surface area contributed by atoms with Gasteiger partial charge in [0.05, 0.1) is 28.8 Å². The van der Waals surface area contributed by atoms with Crippen LogP contribution in [0.1, 0.15) is 118 Å². The Labute approximate surface area is 328 Å². The number of hydrogen-bond donors (Lipinski definition) is 0. The third-order valence-electron chi connectivity index (χ3n) is 9.08. The normalized spacial score (nSPS) is 10.6. The van der Waals surface area contributed by atoms with E-state index in [1.54, 1.807) is 24.3 Å². The molecule has 0 bridgehead atoms. The van der Waals surface area contributed by atoms with Crippen molar-refractivity contribution < 1.29 is 38.1 Å². The summed E-state index contributed by atoms with van der Waals surface area (Å²) in [7, 11) is 0. The molecule has 0 aromatic heterocycles. The molecule has 5 rings (SSSR count). The van der Waals surface area contributed by atoms with Crippen LogP contribution in [0.2, 0.25) is 0 Å². The van der Waals surface area contributed by atoms with Gasteiger partial charge in [0, 0.05) is 6.07 Å². The number of benzene rings is 5. The molecule has 0 fully saturated rings. The highest BCUT2D eigenvalue weighted by Crippen LogP contribution is 2.33. The Bertz CT molecular complexity index is 2130. The number of nitrogens with zero attached hydrogens (tertiary/aromatic N) is 1. The van der Waals surface area contributed by atoms with Gasteiger partial charge in [-0.25, -0.2) is 24.0 Å². The van der Waals surface area contributed by atoms with Gasteiger partial charge in [-0.3, -0.25) is 0 Å². The zero-order valence-corrected chi connectivity index (χ0v) is 31.8. The Balaban J connectivity index is 1.13. The molecule has 0 saturated carbocycles. The molecule has 5 aromatic carbocycles. The summed E-state index contributed by atoms with van der Waals surface area (Å²) >= 11 is 0. The molecule has 9 heteroatoms. The average molecular weight is 752 g/mol. The van der Waals surface area contributed by atoms with E-state index in [1.807, 2.05) is 24.3 Å². The second-order valence-electron chi connectivity index (χ2n) is 13.4. The zero-order valence-electron chi connectivity index (χ0n) is 31.8. The maximum atomic E-state index is 13.0. The third-order valence-corrected chi connectivity index (χ3v) is 9.08. The lowest BCUT2D eigenvalue weighted by Crippen LogP contribution is -2.11. The van der Waals surface area contributed by atoms with Gasteiger partial charge in [-0.1, -0.05) is 76.6 Å². The summed E-state index contributed by atoms with van der Waals surface area (Å²) < 4.78 is 22.0. The topological polar surface area (TPSA) is 110 Å². The van der Waals surface area contributed by atoms with Gasteiger partial charge in [0.15, 0.2) is 0 Å². The van der Waals surface area contributed by atoms with Crippen molar-refractivity contribution in [1.29, 1.82) is 0 Å². The highest BCUT2D eigenvalue weighted by Gasteiger charge is 2.17. The largest absolute Gasteiger partial charge is 0.435 e. The van der Waals surface area contributed by atoms with Crippen molar-refractivity contribution in [3.63, 3.8) is 0 Å². The molecular weight excluding hydrogens is 707 g/mol. The van der Waals surface area contributed by atoms with E-state index < -0.39 is 23.9 Å². The summed E-state index contributed by atoms with van der Waals surface area (Å²) in [5.41, 5.74) is 3.54. The Morgan fingerprint density at radius 2 is 0.804 bits per heavy atom. The van der Waals surface area contributed by atoms with Gasteiger partial charge in [-0.15, -0.1) is 0 Å². The summed E-state index contributed by atoms with van der Waals surface area (Å²) in [6.45, 7) is 11.9. The molecule has 0 heterocycles. The van der Waals surface area contributed by atoms with Crippen molar-refractivity contribution in [3.05, 3.63) is 160 Å². The molecule has 5 aromatic rings. The van der Waals surface area contributed by atoms with Crippen LogP contribution in [0.4, 0.5) is 5.69 Å². The van der Waals surface area contributed by atoms with Crippen LogP contribution in [0.25, 0.3) is 4.85 Å². The van der Waals surface area contributed by atoms with E-state index in [0.717, 1.165) is 25.7 Å². The Kier molecular flexibility index (Phi) is 15.1. The predicted octanol–water partition coefficient (Wildman–Crippen LogP) is 11.4. The first-order valence-electron chi connectivity index (χ1n) is 19.0. The predicted molar refractivity (Wildman–Crippen MR) is 214 cm³/mol. The van der Waals surface area contributed by atoms with Gasteiger partial charge in [-0.05, 0) is 122 Å². The maximum Gasteiger partial charge on any atom is 0.343 e. The molecule has 0 atom stereocenters. The minimum atomic E-state index is -0.769. The van der Waals surface area contributed by atoms with Crippen LogP contribution in [0.15, 0.2) is 115 Å². The van der Waals surface area contributed by atoms with Gasteiger partial charge in [-0.2, -0.15) is 0 Å². The first-order chi connectivity index (χ1) is 27.3. The second-order valence-corrected chi connectivity index (χ2v) is 13.4. The number of rotatable bonds is 18. The van der Waals surface area contributed by atoms with Crippen molar-refractivity contribution in [2.75, 3.05) is 0 Å². The number of carbonyl (C=O) groups is 4. The first kappa shape index (κ1) is 40.7. The molecule has 0 aliphatic heterocycles. The number of carbonyl (C=O) groups excluding carboxylic acids is 4. The summed E-state index contributed by atoms with van der Waals surface area (Å²) in [6.07, 6.45) is 11.3. The molecule has 0 radical (unpaired) electrons. The van der Waals surface area contributed by atoms with Crippen molar-refractivity contribution in [1.82, 2.24) is 0 Å². The average Bonchev–Trinajstić information content (AvgIpc) is 3.22. The van der Waals surface area contributed by atoms with Gasteiger partial charge in [0.25, 0.3) is 0 Å². The van der Waals surface area contributed by atoms with Gasteiger partial charge in [0.1, 0.15) is 23.0 Å². The van der Waals surface area contributed by atoms with Crippen molar-refractivity contribution in [2.45, 2.75) is 78.1 Å². The van der Waals surface area contributed by atoms with Crippen LogP contribution in [0, 0.1) is 6.57 Å². The zero-order chi connectivity index (χ0) is 39.7. The van der Waals surface area contributed by atoms with Gasteiger partial charge >= 0.3 is 23.9 Å². The van der Waals surface area contributed by atoms with Gasteiger partial charge < -0.3 is 18.9 Å². The van der Waals surface area contributed by atoms with Crippen LogP contribution in [-0.4, -0.2) is 23.9 Å². The van der Waals surface area contributed by atoms with Crippen molar-refractivity contribution in [3.8, 4) is 23.0 Å². The SMILES string of the molecule is [C-]#[N+]c1ccc(OC(=O)c2ccc(OC(=O)c3ccc(CCCCCC)cc3)cc2)cc1OC(=O)c1ccc(OC(=O)c2ccc(CCCCCC)cc2)cc1. The van der Waals surface area contributed by atoms with Crippen LogP contribution in [0.3, 0.4) is 0 Å². The van der Waals surface area contributed by atoms with E-state index in [1.165, 1.54) is 116 Å². The maximum absolute atomic E-state index is 13.0. The number of hydrogen-bond acceptors (Lipinski definition) is 8. The number of esters is 4. The molecule has 0 N–H and O–H groups in total. The monoisotopic (exact) mass is 751 g/mol. The fourth-order valence-corrected chi connectivity index (χ4v) is 5.83. The molecule has 0 unspecified atom stereocenters.